The average molecular weight is 551 g/mol. The lowest BCUT2D eigenvalue weighted by Crippen LogP contribution is -2.48. The van der Waals surface area contributed by atoms with E-state index in [0.717, 1.165) is 9.95 Å². The number of carbonyl (C=O) groups is 1. The van der Waals surface area contributed by atoms with E-state index >= 15 is 8.78 Å². The number of nitrogens with one attached hydrogen (secondary N) is 1. The number of benzene rings is 2. The van der Waals surface area contributed by atoms with Crippen molar-refractivity contribution in [1.29, 1.82) is 0 Å². The quantitative estimate of drug-likeness (QED) is 0.347. The smallest absolute Gasteiger partial charge is 0.259 e. The van der Waals surface area contributed by atoms with Gasteiger partial charge in [-0.1, -0.05) is 12.1 Å². The fourth-order valence-corrected chi connectivity index (χ4v) is 5.92. The summed E-state index contributed by atoms with van der Waals surface area (Å²) in [5.74, 6) is -2.10. The molecule has 1 aliphatic heterocycles. The van der Waals surface area contributed by atoms with Crippen LogP contribution in [0.1, 0.15) is 22.3 Å². The molecule has 0 aliphatic carbocycles. The number of thiophene rings is 1. The summed E-state index contributed by atoms with van der Waals surface area (Å²) in [6.07, 6.45) is 2.70. The Kier molecular flexibility index (Phi) is 6.49. The number of hydrogen-bond acceptors (Lipinski definition) is 6. The number of rotatable bonds is 5. The summed E-state index contributed by atoms with van der Waals surface area (Å²) in [6, 6.07) is 8.94. The number of amides is 1. The number of aryl methyl sites for hydroxylation is 1. The second kappa shape index (κ2) is 9.99. The van der Waals surface area contributed by atoms with Gasteiger partial charge in [-0.3, -0.25) is 14.3 Å². The van der Waals surface area contributed by atoms with E-state index in [1.165, 1.54) is 29.7 Å². The van der Waals surface area contributed by atoms with E-state index in [1.807, 2.05) is 6.07 Å². The molecule has 3 aromatic heterocycles. The summed E-state index contributed by atoms with van der Waals surface area (Å²) in [5.41, 5.74) is 1.13. The van der Waals surface area contributed by atoms with E-state index in [2.05, 4.69) is 10.4 Å². The summed E-state index contributed by atoms with van der Waals surface area (Å²) in [4.78, 5) is 26.4. The number of aliphatic hydroxyl groups is 1. The van der Waals surface area contributed by atoms with Crippen molar-refractivity contribution in [2.24, 2.45) is 7.05 Å². The maximum Gasteiger partial charge on any atom is 0.259 e. The van der Waals surface area contributed by atoms with Crippen molar-refractivity contribution in [3.63, 3.8) is 0 Å². The van der Waals surface area contributed by atoms with E-state index in [0.29, 0.717) is 34.4 Å². The highest BCUT2D eigenvalue weighted by atomic mass is 32.1. The first-order chi connectivity index (χ1) is 18.8. The highest BCUT2D eigenvalue weighted by Gasteiger charge is 2.27. The zero-order chi connectivity index (χ0) is 27.3. The van der Waals surface area contributed by atoms with E-state index in [-0.39, 0.29) is 23.1 Å². The third-order valence-electron chi connectivity index (χ3n) is 7.02. The Labute approximate surface area is 225 Å². The average Bonchev–Trinajstić information content (AvgIpc) is 3.55. The van der Waals surface area contributed by atoms with Gasteiger partial charge >= 0.3 is 0 Å². The molecule has 0 radical (unpaired) electrons. The lowest BCUT2D eigenvalue weighted by molar-refractivity contribution is -0.0260. The Bertz CT molecular complexity index is 1770. The van der Waals surface area contributed by atoms with Crippen molar-refractivity contribution in [3.8, 4) is 11.1 Å². The van der Waals surface area contributed by atoms with Crippen LogP contribution < -0.4 is 10.9 Å². The first-order valence-corrected chi connectivity index (χ1v) is 13.3. The summed E-state index contributed by atoms with van der Waals surface area (Å²) in [5, 5.41) is 20.1. The molecule has 1 fully saturated rings. The Balaban J connectivity index is 1.36. The largest absolute Gasteiger partial charge is 0.389 e. The minimum Gasteiger partial charge on any atom is -0.389 e. The predicted octanol–water partition coefficient (Wildman–Crippen LogP) is 3.82. The molecular weight excluding hydrogens is 526 g/mol. The van der Waals surface area contributed by atoms with Gasteiger partial charge in [-0.25, -0.2) is 8.78 Å². The van der Waals surface area contributed by atoms with Gasteiger partial charge in [0, 0.05) is 37.0 Å². The molecule has 39 heavy (non-hydrogen) atoms. The van der Waals surface area contributed by atoms with E-state index in [4.69, 9.17) is 4.74 Å². The Morgan fingerprint density at radius 3 is 2.77 bits per heavy atom. The Morgan fingerprint density at radius 2 is 2.00 bits per heavy atom. The maximum absolute atomic E-state index is 15.4. The highest BCUT2D eigenvalue weighted by Crippen LogP contribution is 2.31. The molecule has 8 nitrogen and oxygen atoms in total. The molecule has 2 N–H and O–H groups in total. The molecule has 0 spiro atoms. The Morgan fingerprint density at radius 1 is 1.21 bits per heavy atom. The first-order valence-electron chi connectivity index (χ1n) is 12.4. The highest BCUT2D eigenvalue weighted by molar-refractivity contribution is 7.17. The van der Waals surface area contributed by atoms with Crippen LogP contribution in [0.15, 0.2) is 59.0 Å². The predicted molar refractivity (Wildman–Crippen MR) is 144 cm³/mol. The molecule has 4 heterocycles. The number of aromatic nitrogens is 3. The molecule has 5 aromatic rings. The third kappa shape index (κ3) is 4.62. The molecule has 0 unspecified atom stereocenters. The molecule has 0 saturated carbocycles. The summed E-state index contributed by atoms with van der Waals surface area (Å²) in [7, 11) is 1.77. The van der Waals surface area contributed by atoms with Crippen LogP contribution in [0.3, 0.4) is 0 Å². The first kappa shape index (κ1) is 25.4. The molecule has 2 atom stereocenters. The standard InChI is InChI=1S/C28H24F2N4O4S/c1-33-11-18-16(3-2-4-23(18)32-33)15-9-21(29)19(22(30)10-15)12-34-13-20(26-17(28(34)37)6-8-39-26)27(36)31-24-5-7-38-14-25(24)35/h2-4,6,8-11,13,24-25,35H,5,7,12,14H2,1H3,(H,31,36)/t24-,25-/m0/s1. The molecular formula is C28H24F2N4O4S. The lowest BCUT2D eigenvalue weighted by Gasteiger charge is -2.28. The second-order valence-electron chi connectivity index (χ2n) is 9.61. The number of hydrogen-bond donors (Lipinski definition) is 2. The van der Waals surface area contributed by atoms with Crippen molar-refractivity contribution in [1.82, 2.24) is 19.7 Å². The fraction of sp³-hybridized carbons (Fsp3) is 0.250. The van der Waals surface area contributed by atoms with Gasteiger partial charge in [-0.05, 0) is 47.2 Å². The van der Waals surface area contributed by atoms with Crippen LogP contribution in [0.2, 0.25) is 0 Å². The molecule has 1 amide bonds. The van der Waals surface area contributed by atoms with Gasteiger partial charge < -0.3 is 19.7 Å². The summed E-state index contributed by atoms with van der Waals surface area (Å²) in [6.45, 7) is 0.113. The molecule has 6 rings (SSSR count). The SMILES string of the molecule is Cn1cc2c(-c3cc(F)c(Cn4cc(C(=O)N[C@H]5CCOC[C@@H]5O)c5sccc5c4=O)c(F)c3)cccc2n1. The van der Waals surface area contributed by atoms with Crippen molar-refractivity contribution in [2.75, 3.05) is 13.2 Å². The van der Waals surface area contributed by atoms with Crippen molar-refractivity contribution in [3.05, 3.63) is 87.3 Å². The zero-order valence-corrected chi connectivity index (χ0v) is 21.7. The monoisotopic (exact) mass is 550 g/mol. The maximum atomic E-state index is 15.4. The van der Waals surface area contributed by atoms with E-state index in [1.54, 1.807) is 41.5 Å². The molecule has 200 valence electrons. The van der Waals surface area contributed by atoms with Crippen molar-refractivity contribution >= 4 is 38.2 Å². The number of carbonyl (C=O) groups excluding carboxylic acids is 1. The normalized spacial score (nSPS) is 17.6. The molecule has 2 aromatic carbocycles. The van der Waals surface area contributed by atoms with Gasteiger partial charge in [0.25, 0.3) is 11.5 Å². The molecule has 1 saturated heterocycles. The van der Waals surface area contributed by atoms with Crippen LogP contribution in [0.5, 0.6) is 0 Å². The Hall–Kier alpha value is -3.93. The van der Waals surface area contributed by atoms with Crippen LogP contribution in [-0.2, 0) is 18.3 Å². The second-order valence-corrected chi connectivity index (χ2v) is 10.5. The van der Waals surface area contributed by atoms with Crippen LogP contribution in [0.25, 0.3) is 32.1 Å². The van der Waals surface area contributed by atoms with Crippen molar-refractivity contribution < 1.29 is 23.4 Å². The summed E-state index contributed by atoms with van der Waals surface area (Å²) < 4.78 is 39.3. The van der Waals surface area contributed by atoms with Crippen LogP contribution >= 0.6 is 11.3 Å². The number of ether oxygens (including phenoxy) is 1. The zero-order valence-electron chi connectivity index (χ0n) is 20.9. The summed E-state index contributed by atoms with van der Waals surface area (Å²) >= 11 is 1.23. The lowest BCUT2D eigenvalue weighted by atomic mass is 9.99. The third-order valence-corrected chi connectivity index (χ3v) is 7.97. The number of fused-ring (bicyclic) bond motifs is 2. The number of nitrogens with zero attached hydrogens (tertiary/aromatic N) is 3. The van der Waals surface area contributed by atoms with E-state index in [9.17, 15) is 14.7 Å². The van der Waals surface area contributed by atoms with Gasteiger partial charge in [0.1, 0.15) is 11.6 Å². The van der Waals surface area contributed by atoms with Crippen LogP contribution in [-0.4, -0.2) is 50.7 Å². The van der Waals surface area contributed by atoms with Gasteiger partial charge in [0.2, 0.25) is 0 Å². The molecule has 0 bridgehead atoms. The number of pyridine rings is 1. The number of halogens is 2. The van der Waals surface area contributed by atoms with Gasteiger partial charge in [-0.2, -0.15) is 5.10 Å². The minimum atomic E-state index is -0.855. The minimum absolute atomic E-state index is 0.114. The van der Waals surface area contributed by atoms with Gasteiger partial charge in [-0.15, -0.1) is 11.3 Å². The van der Waals surface area contributed by atoms with Crippen molar-refractivity contribution in [2.45, 2.75) is 25.1 Å². The van der Waals surface area contributed by atoms with Gasteiger partial charge in [0.05, 0.1) is 46.5 Å². The molecule has 11 heteroatoms. The van der Waals surface area contributed by atoms with Crippen LogP contribution in [0.4, 0.5) is 8.78 Å². The topological polar surface area (TPSA) is 98.4 Å². The van der Waals surface area contributed by atoms with Gasteiger partial charge in [0.15, 0.2) is 0 Å². The van der Waals surface area contributed by atoms with E-state index < -0.39 is 41.8 Å². The number of aliphatic hydroxyl groups excluding tert-OH is 1. The molecule has 1 aliphatic rings. The van der Waals surface area contributed by atoms with Crippen LogP contribution in [0, 0.1) is 11.6 Å². The fourth-order valence-electron chi connectivity index (χ4n) is 5.02.